The first-order valence-electron chi connectivity index (χ1n) is 21.5. The molecule has 288 valence electrons. The minimum absolute atomic E-state index is 0.216. The maximum Gasteiger partial charge on any atom is 0.118 e. The highest BCUT2D eigenvalue weighted by Crippen LogP contribution is 2.62. The number of nitrogens with zero attached hydrogens (tertiary/aromatic N) is 1. The molecule has 0 bridgehead atoms. The lowest BCUT2D eigenvalue weighted by Gasteiger charge is -2.50. The number of hydrogen-bond acceptors (Lipinski definition) is 2. The molecular formula is C58H45NO. The number of fused-ring (bicyclic) bond motifs is 4. The van der Waals surface area contributed by atoms with E-state index in [-0.39, 0.29) is 5.54 Å². The molecule has 0 amide bonds. The van der Waals surface area contributed by atoms with Gasteiger partial charge in [0.2, 0.25) is 0 Å². The predicted octanol–water partition coefficient (Wildman–Crippen LogP) is 15.7. The van der Waals surface area contributed by atoms with Crippen LogP contribution >= 0.6 is 0 Å². The van der Waals surface area contributed by atoms with E-state index >= 15 is 0 Å². The lowest BCUT2D eigenvalue weighted by molar-refractivity contribution is -0.0871. The highest BCUT2D eigenvalue weighted by molar-refractivity contribution is 6.32. The smallest absolute Gasteiger partial charge is 0.118 e. The van der Waals surface area contributed by atoms with Crippen LogP contribution in [0.15, 0.2) is 188 Å². The van der Waals surface area contributed by atoms with E-state index in [1.54, 1.807) is 0 Å². The fourth-order valence-electron chi connectivity index (χ4n) is 11.6. The third-order valence-corrected chi connectivity index (χ3v) is 14.3. The fraction of sp³-hybridized carbons (Fsp3) is 0.138. The second kappa shape index (κ2) is 13.4. The molecule has 10 aromatic rings. The van der Waals surface area contributed by atoms with Gasteiger partial charge in [0.05, 0.1) is 5.54 Å². The number of para-hydroxylation sites is 1. The number of benzene rings is 10. The zero-order chi connectivity index (χ0) is 40.0. The summed E-state index contributed by atoms with van der Waals surface area (Å²) in [5, 5.41) is 10.3. The van der Waals surface area contributed by atoms with Crippen molar-refractivity contribution in [2.24, 2.45) is 0 Å². The van der Waals surface area contributed by atoms with E-state index in [2.05, 4.69) is 200 Å². The fourth-order valence-corrected chi connectivity index (χ4v) is 11.6. The Morgan fingerprint density at radius 1 is 0.433 bits per heavy atom. The van der Waals surface area contributed by atoms with Crippen LogP contribution in [0.3, 0.4) is 0 Å². The Labute approximate surface area is 351 Å². The van der Waals surface area contributed by atoms with Crippen LogP contribution in [0.1, 0.15) is 38.2 Å². The van der Waals surface area contributed by atoms with Crippen molar-refractivity contribution in [1.29, 1.82) is 0 Å². The molecule has 12 rings (SSSR count). The Bertz CT molecular complexity index is 3260. The summed E-state index contributed by atoms with van der Waals surface area (Å²) < 4.78 is 6.85. The molecule has 10 aromatic carbocycles. The van der Waals surface area contributed by atoms with Crippen molar-refractivity contribution in [3.63, 3.8) is 0 Å². The molecule has 0 saturated heterocycles. The van der Waals surface area contributed by atoms with Gasteiger partial charge in [-0.05, 0) is 144 Å². The van der Waals surface area contributed by atoms with Crippen molar-refractivity contribution in [1.82, 2.24) is 0 Å². The summed E-state index contributed by atoms with van der Waals surface area (Å²) in [6.07, 6.45) is 4.40. The van der Waals surface area contributed by atoms with Gasteiger partial charge < -0.3 is 9.64 Å². The largest absolute Gasteiger partial charge is 0.371 e. The van der Waals surface area contributed by atoms with Crippen LogP contribution in [-0.2, 0) is 10.3 Å². The van der Waals surface area contributed by atoms with E-state index < -0.39 is 5.60 Å². The number of methoxy groups -OCH3 is 1. The van der Waals surface area contributed by atoms with Crippen LogP contribution in [0, 0.1) is 0 Å². The first kappa shape index (κ1) is 35.2. The molecule has 1 aliphatic heterocycles. The molecule has 2 nitrogen and oxygen atoms in total. The second-order valence-corrected chi connectivity index (χ2v) is 17.2. The lowest BCUT2D eigenvalue weighted by atomic mass is 9.68. The van der Waals surface area contributed by atoms with E-state index in [4.69, 9.17) is 4.74 Å². The third kappa shape index (κ3) is 4.92. The number of ether oxygens (including phenoxy) is 1. The first-order valence-corrected chi connectivity index (χ1v) is 21.5. The van der Waals surface area contributed by atoms with Crippen molar-refractivity contribution >= 4 is 54.5 Å². The van der Waals surface area contributed by atoms with Crippen LogP contribution in [0.5, 0.6) is 0 Å². The lowest BCUT2D eigenvalue weighted by Crippen LogP contribution is -2.57. The van der Waals surface area contributed by atoms with Crippen LogP contribution in [0.2, 0.25) is 0 Å². The number of rotatable bonds is 6. The number of anilines is 2. The Balaban J connectivity index is 1.19. The molecule has 0 spiro atoms. The van der Waals surface area contributed by atoms with Crippen molar-refractivity contribution in [2.75, 3.05) is 12.0 Å². The molecule has 1 heterocycles. The third-order valence-electron chi connectivity index (χ3n) is 14.3. The maximum absolute atomic E-state index is 6.85. The van der Waals surface area contributed by atoms with E-state index in [0.717, 1.165) is 19.3 Å². The van der Waals surface area contributed by atoms with E-state index in [1.165, 1.54) is 111 Å². The molecular weight excluding hydrogens is 727 g/mol. The summed E-state index contributed by atoms with van der Waals surface area (Å²) in [7, 11) is 1.94. The zero-order valence-corrected chi connectivity index (χ0v) is 34.1. The molecule has 2 atom stereocenters. The van der Waals surface area contributed by atoms with E-state index in [0.29, 0.717) is 0 Å². The van der Waals surface area contributed by atoms with Crippen molar-refractivity contribution < 1.29 is 4.74 Å². The van der Waals surface area contributed by atoms with Gasteiger partial charge in [0, 0.05) is 24.0 Å². The average molecular weight is 772 g/mol. The molecule has 1 saturated carbocycles. The quantitative estimate of drug-likeness (QED) is 0.156. The number of hydrogen-bond donors (Lipinski definition) is 0. The molecule has 1 aliphatic carbocycles. The Morgan fingerprint density at radius 2 is 0.967 bits per heavy atom. The van der Waals surface area contributed by atoms with Gasteiger partial charge in [-0.2, -0.15) is 0 Å². The van der Waals surface area contributed by atoms with Gasteiger partial charge in [0.15, 0.2) is 0 Å². The van der Waals surface area contributed by atoms with Gasteiger partial charge in [0.1, 0.15) is 5.60 Å². The highest BCUT2D eigenvalue weighted by Gasteiger charge is 2.61. The molecule has 60 heavy (non-hydrogen) atoms. The van der Waals surface area contributed by atoms with Gasteiger partial charge in [-0.15, -0.1) is 0 Å². The zero-order valence-electron chi connectivity index (χ0n) is 34.1. The van der Waals surface area contributed by atoms with Crippen LogP contribution in [-0.4, -0.2) is 12.6 Å². The SMILES string of the molecule is COC12CCCCC1(C)N(c1ccccc1)c1ccc(-c3cc(-c4ccccc4)c4ccc5c(-c6cccc7ccccc67)cc(-c6ccccc6)c6ccc3c4c65)cc12. The maximum atomic E-state index is 6.85. The molecule has 0 radical (unpaired) electrons. The van der Waals surface area contributed by atoms with Crippen LogP contribution < -0.4 is 4.90 Å². The summed E-state index contributed by atoms with van der Waals surface area (Å²) in [6.45, 7) is 2.43. The van der Waals surface area contributed by atoms with Crippen molar-refractivity contribution in [2.45, 2.75) is 43.7 Å². The van der Waals surface area contributed by atoms with Gasteiger partial charge in [0.25, 0.3) is 0 Å². The Kier molecular flexibility index (Phi) is 7.86. The Morgan fingerprint density at radius 3 is 1.62 bits per heavy atom. The summed E-state index contributed by atoms with van der Waals surface area (Å²) in [4.78, 5) is 2.59. The molecule has 2 unspecified atom stereocenters. The topological polar surface area (TPSA) is 12.5 Å². The monoisotopic (exact) mass is 771 g/mol. The van der Waals surface area contributed by atoms with Gasteiger partial charge in [-0.1, -0.05) is 165 Å². The predicted molar refractivity (Wildman–Crippen MR) is 254 cm³/mol. The summed E-state index contributed by atoms with van der Waals surface area (Å²) in [5.74, 6) is 0. The van der Waals surface area contributed by atoms with Crippen LogP contribution in [0.25, 0.3) is 87.6 Å². The molecule has 1 fully saturated rings. The summed E-state index contributed by atoms with van der Waals surface area (Å²) in [5.41, 5.74) is 13.1. The standard InChI is InChI=1S/C58H45NO/c1-57-33-14-15-34-58(57,60-2)53-35-41(27-32-54(53)59(57)42-23-10-5-11-24-42)51-36-49(39-17-6-3-7-18-39)45-30-31-48-52(44-26-16-22-38-21-12-13-25-43(38)44)37-50(40-19-8-4-9-20-40)46-28-29-47(51)55(45)56(46)48/h3-13,16-32,35-37H,14-15,33-34H2,1-2H3. The van der Waals surface area contributed by atoms with Crippen molar-refractivity contribution in [3.05, 3.63) is 194 Å². The van der Waals surface area contributed by atoms with Gasteiger partial charge in [-0.25, -0.2) is 0 Å². The first-order chi connectivity index (χ1) is 29.6. The Hall–Kier alpha value is -6.74. The highest BCUT2D eigenvalue weighted by atomic mass is 16.5. The second-order valence-electron chi connectivity index (χ2n) is 17.2. The summed E-state index contributed by atoms with van der Waals surface area (Å²) >= 11 is 0. The summed E-state index contributed by atoms with van der Waals surface area (Å²) in [6, 6.07) is 70.1. The van der Waals surface area contributed by atoms with E-state index in [1.807, 2.05) is 7.11 Å². The van der Waals surface area contributed by atoms with Gasteiger partial charge in [-0.3, -0.25) is 0 Å². The molecule has 2 heteroatoms. The van der Waals surface area contributed by atoms with Crippen molar-refractivity contribution in [3.8, 4) is 44.5 Å². The molecule has 0 aromatic heterocycles. The normalized spacial score (nSPS) is 18.7. The van der Waals surface area contributed by atoms with Crippen LogP contribution in [0.4, 0.5) is 11.4 Å². The average Bonchev–Trinajstić information content (AvgIpc) is 3.55. The van der Waals surface area contributed by atoms with E-state index in [9.17, 15) is 0 Å². The molecule has 0 N–H and O–H groups in total. The van der Waals surface area contributed by atoms with Gasteiger partial charge >= 0.3 is 0 Å². The molecule has 2 aliphatic rings. The minimum Gasteiger partial charge on any atom is -0.371 e. The minimum atomic E-state index is -0.434.